The van der Waals surface area contributed by atoms with Crippen LogP contribution in [0.4, 0.5) is 4.39 Å². The molecule has 4 nitrogen and oxygen atoms in total. The van der Waals surface area contributed by atoms with E-state index in [1.807, 2.05) is 0 Å². The van der Waals surface area contributed by atoms with Gasteiger partial charge in [0.05, 0.1) is 6.10 Å². The maximum absolute atomic E-state index is 12.8. The first-order valence-corrected chi connectivity index (χ1v) is 5.15. The minimum Gasteiger partial charge on any atom is -0.381 e. The zero-order valence-corrected chi connectivity index (χ0v) is 8.94. The number of aromatic nitrogens is 1. The van der Waals surface area contributed by atoms with E-state index in [2.05, 4.69) is 10.3 Å². The summed E-state index contributed by atoms with van der Waals surface area (Å²) in [5.41, 5.74) is 0.112. The number of nitrogens with one attached hydrogen (secondary N) is 1. The van der Waals surface area contributed by atoms with Crippen molar-refractivity contribution in [2.45, 2.75) is 25.0 Å². The number of carbonyl (C=O) groups excluding carboxylic acids is 1. The summed E-state index contributed by atoms with van der Waals surface area (Å²) in [5.74, 6) is -0.977. The molecular weight excluding hydrogens is 211 g/mol. The molecule has 86 valence electrons. The molecule has 0 bridgehead atoms. The number of methoxy groups -OCH3 is 1. The van der Waals surface area contributed by atoms with E-state index in [0.717, 1.165) is 12.8 Å². The van der Waals surface area contributed by atoms with E-state index in [9.17, 15) is 9.18 Å². The van der Waals surface area contributed by atoms with E-state index in [0.29, 0.717) is 0 Å². The largest absolute Gasteiger partial charge is 0.381 e. The molecule has 1 aromatic rings. The van der Waals surface area contributed by atoms with Crippen molar-refractivity contribution in [3.63, 3.8) is 0 Å². The van der Waals surface area contributed by atoms with Gasteiger partial charge in [0.25, 0.3) is 5.91 Å². The van der Waals surface area contributed by atoms with Crippen LogP contribution in [0.1, 0.15) is 23.3 Å². The van der Waals surface area contributed by atoms with Gasteiger partial charge in [-0.05, 0) is 25.0 Å². The lowest BCUT2D eigenvalue weighted by Gasteiger charge is -2.34. The number of hydrogen-bond acceptors (Lipinski definition) is 3. The molecule has 1 aromatic heterocycles. The molecule has 1 amide bonds. The Bertz CT molecular complexity index is 391. The molecule has 5 heteroatoms. The highest BCUT2D eigenvalue weighted by Crippen LogP contribution is 2.22. The first kappa shape index (κ1) is 11.0. The Kier molecular flexibility index (Phi) is 3.14. The monoisotopic (exact) mass is 224 g/mol. The second-order valence-electron chi connectivity index (χ2n) is 3.85. The smallest absolute Gasteiger partial charge is 0.270 e. The molecule has 2 rings (SSSR count). The maximum atomic E-state index is 12.8. The molecule has 16 heavy (non-hydrogen) atoms. The van der Waals surface area contributed by atoms with Crippen molar-refractivity contribution < 1.29 is 13.9 Å². The minimum atomic E-state index is -0.643. The van der Waals surface area contributed by atoms with Crippen LogP contribution in [-0.4, -0.2) is 30.1 Å². The molecular formula is C11H13FN2O2. The summed E-state index contributed by atoms with van der Waals surface area (Å²) in [7, 11) is 1.65. The van der Waals surface area contributed by atoms with Crippen molar-refractivity contribution in [3.8, 4) is 0 Å². The third-order valence-electron chi connectivity index (χ3n) is 2.71. The van der Waals surface area contributed by atoms with Crippen LogP contribution >= 0.6 is 0 Å². The first-order valence-electron chi connectivity index (χ1n) is 5.15. The molecule has 0 radical (unpaired) electrons. The molecule has 1 aliphatic rings. The number of ether oxygens (including phenoxy) is 1. The fraction of sp³-hybridized carbons (Fsp3) is 0.455. The van der Waals surface area contributed by atoms with Gasteiger partial charge in [0.1, 0.15) is 5.69 Å². The fourth-order valence-corrected chi connectivity index (χ4v) is 1.67. The van der Waals surface area contributed by atoms with Crippen LogP contribution in [0.3, 0.4) is 0 Å². The lowest BCUT2D eigenvalue weighted by molar-refractivity contribution is 0.0175. The highest BCUT2D eigenvalue weighted by molar-refractivity contribution is 5.92. The zero-order chi connectivity index (χ0) is 11.5. The molecule has 0 saturated heterocycles. The summed E-state index contributed by atoms with van der Waals surface area (Å²) >= 11 is 0. The van der Waals surface area contributed by atoms with Gasteiger partial charge in [-0.15, -0.1) is 0 Å². The van der Waals surface area contributed by atoms with Crippen molar-refractivity contribution in [2.75, 3.05) is 7.11 Å². The van der Waals surface area contributed by atoms with Crippen LogP contribution in [0, 0.1) is 5.95 Å². The van der Waals surface area contributed by atoms with Crippen molar-refractivity contribution in [3.05, 3.63) is 29.8 Å². The second kappa shape index (κ2) is 4.57. The highest BCUT2D eigenvalue weighted by atomic mass is 19.1. The van der Waals surface area contributed by atoms with Gasteiger partial charge in [-0.1, -0.05) is 6.07 Å². The summed E-state index contributed by atoms with van der Waals surface area (Å²) in [6, 6.07) is 4.28. The zero-order valence-electron chi connectivity index (χ0n) is 8.94. The van der Waals surface area contributed by atoms with Crippen LogP contribution in [0.5, 0.6) is 0 Å². The Balaban J connectivity index is 1.89. The molecule has 1 N–H and O–H groups in total. The van der Waals surface area contributed by atoms with Crippen LogP contribution < -0.4 is 5.32 Å². The lowest BCUT2D eigenvalue weighted by Crippen LogP contribution is -2.47. The van der Waals surface area contributed by atoms with Gasteiger partial charge in [-0.3, -0.25) is 4.79 Å². The molecule has 1 heterocycles. The molecule has 1 fully saturated rings. The molecule has 0 spiro atoms. The third kappa shape index (κ3) is 2.36. The average molecular weight is 224 g/mol. The first-order chi connectivity index (χ1) is 7.69. The van der Waals surface area contributed by atoms with Crippen molar-refractivity contribution in [1.29, 1.82) is 0 Å². The Morgan fingerprint density at radius 1 is 1.56 bits per heavy atom. The summed E-state index contributed by atoms with van der Waals surface area (Å²) in [5, 5.41) is 2.78. The van der Waals surface area contributed by atoms with Gasteiger partial charge in [-0.2, -0.15) is 4.39 Å². The van der Waals surface area contributed by atoms with Gasteiger partial charge in [-0.25, -0.2) is 4.98 Å². The molecule has 0 atom stereocenters. The van der Waals surface area contributed by atoms with E-state index < -0.39 is 5.95 Å². The predicted octanol–water partition coefficient (Wildman–Crippen LogP) is 1.13. The third-order valence-corrected chi connectivity index (χ3v) is 2.71. The summed E-state index contributed by atoms with van der Waals surface area (Å²) in [4.78, 5) is 15.1. The van der Waals surface area contributed by atoms with Crippen LogP contribution in [0.2, 0.25) is 0 Å². The van der Waals surface area contributed by atoms with E-state index in [1.165, 1.54) is 18.2 Å². The second-order valence-corrected chi connectivity index (χ2v) is 3.85. The van der Waals surface area contributed by atoms with E-state index in [1.54, 1.807) is 7.11 Å². The van der Waals surface area contributed by atoms with Crippen LogP contribution in [-0.2, 0) is 4.74 Å². The maximum Gasteiger partial charge on any atom is 0.270 e. The van der Waals surface area contributed by atoms with E-state index >= 15 is 0 Å². The number of carbonyl (C=O) groups is 1. The van der Waals surface area contributed by atoms with Gasteiger partial charge < -0.3 is 10.1 Å². The molecule has 0 unspecified atom stereocenters. The molecule has 0 aliphatic heterocycles. The van der Waals surface area contributed by atoms with Crippen molar-refractivity contribution >= 4 is 5.91 Å². The number of pyridine rings is 1. The molecule has 1 aliphatic carbocycles. The fourth-order valence-electron chi connectivity index (χ4n) is 1.67. The van der Waals surface area contributed by atoms with Gasteiger partial charge >= 0.3 is 0 Å². The highest BCUT2D eigenvalue weighted by Gasteiger charge is 2.30. The van der Waals surface area contributed by atoms with Crippen LogP contribution in [0.15, 0.2) is 18.2 Å². The summed E-state index contributed by atoms with van der Waals surface area (Å²) in [6.45, 7) is 0. The molecule has 1 saturated carbocycles. The Labute approximate surface area is 92.8 Å². The number of halogens is 1. The number of rotatable bonds is 3. The van der Waals surface area contributed by atoms with E-state index in [-0.39, 0.29) is 23.7 Å². The summed E-state index contributed by atoms with van der Waals surface area (Å²) in [6.07, 6.45) is 1.83. The van der Waals surface area contributed by atoms with Crippen molar-refractivity contribution in [1.82, 2.24) is 10.3 Å². The Morgan fingerprint density at radius 3 is 2.94 bits per heavy atom. The van der Waals surface area contributed by atoms with Crippen LogP contribution in [0.25, 0.3) is 0 Å². The van der Waals surface area contributed by atoms with Crippen molar-refractivity contribution in [2.24, 2.45) is 0 Å². The van der Waals surface area contributed by atoms with E-state index in [4.69, 9.17) is 4.74 Å². The average Bonchev–Trinajstić information content (AvgIpc) is 2.22. The minimum absolute atomic E-state index is 0.112. The SMILES string of the molecule is COC1CC(NC(=O)c2cccc(F)n2)C1. The quantitative estimate of drug-likeness (QED) is 0.783. The Morgan fingerprint density at radius 2 is 2.31 bits per heavy atom. The lowest BCUT2D eigenvalue weighted by atomic mass is 9.89. The standard InChI is InChI=1S/C11H13FN2O2/c1-16-8-5-7(6-8)13-11(15)9-3-2-4-10(12)14-9/h2-4,7-8H,5-6H2,1H3,(H,13,15). The van der Waals surface area contributed by atoms with Gasteiger partial charge in [0.2, 0.25) is 5.95 Å². The number of hydrogen-bond donors (Lipinski definition) is 1. The number of nitrogens with zero attached hydrogens (tertiary/aromatic N) is 1. The predicted molar refractivity (Wildman–Crippen MR) is 55.5 cm³/mol. The van der Waals surface area contributed by atoms with Gasteiger partial charge in [0, 0.05) is 13.2 Å². The molecule has 0 aromatic carbocycles. The van der Waals surface area contributed by atoms with Gasteiger partial charge in [0.15, 0.2) is 0 Å². The summed E-state index contributed by atoms with van der Waals surface area (Å²) < 4.78 is 17.9. The topological polar surface area (TPSA) is 51.2 Å². The Hall–Kier alpha value is -1.49. The normalized spacial score (nSPS) is 23.6. The number of amides is 1.